The summed E-state index contributed by atoms with van der Waals surface area (Å²) < 4.78 is 79.0. The van der Waals surface area contributed by atoms with E-state index in [-0.39, 0.29) is 40.8 Å². The van der Waals surface area contributed by atoms with E-state index in [0.717, 1.165) is 33.5 Å². The Morgan fingerprint density at radius 1 is 1.11 bits per heavy atom. The van der Waals surface area contributed by atoms with Crippen LogP contribution in [-0.2, 0) is 35.3 Å². The molecule has 1 fully saturated rings. The molecule has 0 saturated carbocycles. The highest BCUT2D eigenvalue weighted by Crippen LogP contribution is 2.33. The Balaban J connectivity index is 1.39. The molecule has 1 aromatic heterocycles. The molecule has 3 aromatic rings. The molecule has 0 radical (unpaired) electrons. The molecule has 1 saturated heterocycles. The minimum Gasteiger partial charge on any atom is -0.569 e. The van der Waals surface area contributed by atoms with Crippen LogP contribution in [-0.4, -0.2) is 65.7 Å². The van der Waals surface area contributed by atoms with Crippen molar-refractivity contribution in [1.82, 2.24) is 19.5 Å². The summed E-state index contributed by atoms with van der Waals surface area (Å²) in [6.45, 7) is 5.87. The lowest BCUT2D eigenvalue weighted by Crippen LogP contribution is -2.37. The molecule has 46 heavy (non-hydrogen) atoms. The van der Waals surface area contributed by atoms with Crippen LogP contribution in [0, 0.1) is 18.0 Å². The molecule has 1 N–H and O–H groups in total. The molecule has 1 unspecified atom stereocenters. The van der Waals surface area contributed by atoms with Crippen LogP contribution in [0.2, 0.25) is 0 Å². The van der Waals surface area contributed by atoms with Gasteiger partial charge in [-0.3, -0.25) is 4.79 Å². The SMILES string of the molecule is Cc1ccc(-c2cc(C(F)(F)F)nn2-c2ccc(S(=O)(=O)NC(=O)C3CCN([N+]([O-])=NOCOC(=O)OC(C)(C)C)C3)cc2)cc1. The molecule has 4 rings (SSSR count). The topological polar surface area (TPSA) is 167 Å². The van der Waals surface area contributed by atoms with Gasteiger partial charge in [-0.1, -0.05) is 29.8 Å². The second kappa shape index (κ2) is 13.2. The fourth-order valence-electron chi connectivity index (χ4n) is 4.28. The van der Waals surface area contributed by atoms with Gasteiger partial charge in [-0.25, -0.2) is 22.6 Å². The molecule has 0 bridgehead atoms. The minimum absolute atomic E-state index is 0.0449. The zero-order valence-electron chi connectivity index (χ0n) is 25.1. The Bertz CT molecular complexity index is 1700. The number of ether oxygens (including phenoxy) is 2. The Hall–Kier alpha value is -4.87. The first-order valence-electron chi connectivity index (χ1n) is 13.8. The van der Waals surface area contributed by atoms with E-state index in [1.54, 1.807) is 45.0 Å². The number of rotatable bonds is 9. The molecule has 1 atom stereocenters. The third kappa shape index (κ3) is 8.64. The summed E-state index contributed by atoms with van der Waals surface area (Å²) in [7, 11) is -4.39. The van der Waals surface area contributed by atoms with Gasteiger partial charge in [0.15, 0.2) is 5.69 Å². The molecule has 14 nitrogen and oxygen atoms in total. The van der Waals surface area contributed by atoms with Gasteiger partial charge in [0.2, 0.25) is 11.2 Å². The van der Waals surface area contributed by atoms with Crippen molar-refractivity contribution in [3.63, 3.8) is 0 Å². The van der Waals surface area contributed by atoms with Gasteiger partial charge in [0.1, 0.15) is 5.60 Å². The standard InChI is InChI=1S/C28H31F3N6O8S/c1-18-5-7-19(8-6-18)23-15-24(28(29,30)31)32-36(23)21-9-11-22(12-10-21)46(41,42)33-25(38)20-13-14-35(16-20)37(40)34-44-17-43-26(39)45-27(2,3)4/h5-12,15,20H,13-14,16-17H2,1-4H3,(H,33,38). The first-order valence-corrected chi connectivity index (χ1v) is 15.2. The zero-order valence-corrected chi connectivity index (χ0v) is 26.0. The molecule has 1 aliphatic heterocycles. The van der Waals surface area contributed by atoms with Gasteiger partial charge in [-0.2, -0.15) is 18.3 Å². The number of halogens is 3. The average Bonchev–Trinajstić information content (AvgIpc) is 3.63. The number of nitrogens with one attached hydrogen (secondary N) is 1. The van der Waals surface area contributed by atoms with Gasteiger partial charge in [0.05, 0.1) is 40.3 Å². The van der Waals surface area contributed by atoms with Crippen LogP contribution in [0.5, 0.6) is 0 Å². The summed E-state index contributed by atoms with van der Waals surface area (Å²) in [5, 5.41) is 20.2. The van der Waals surface area contributed by atoms with Crippen molar-refractivity contribution in [2.24, 2.45) is 11.2 Å². The highest BCUT2D eigenvalue weighted by atomic mass is 32.2. The van der Waals surface area contributed by atoms with Crippen LogP contribution < -0.4 is 4.72 Å². The highest BCUT2D eigenvalue weighted by molar-refractivity contribution is 7.90. The van der Waals surface area contributed by atoms with Crippen LogP contribution >= 0.6 is 0 Å². The summed E-state index contributed by atoms with van der Waals surface area (Å²) >= 11 is 0. The first kappa shape index (κ1) is 34.0. The summed E-state index contributed by atoms with van der Waals surface area (Å²) in [6.07, 6.45) is -5.63. The van der Waals surface area contributed by atoms with E-state index in [0.29, 0.717) is 5.56 Å². The van der Waals surface area contributed by atoms with Crippen molar-refractivity contribution >= 4 is 22.1 Å². The summed E-state index contributed by atoms with van der Waals surface area (Å²) in [6, 6.07) is 12.5. The van der Waals surface area contributed by atoms with E-state index < -0.39 is 52.3 Å². The fourth-order valence-corrected chi connectivity index (χ4v) is 5.32. The molecule has 0 spiro atoms. The number of carbonyl (C=O) groups excluding carboxylic acids is 2. The smallest absolute Gasteiger partial charge is 0.511 e. The summed E-state index contributed by atoms with van der Waals surface area (Å²) in [5.74, 6) is -1.78. The van der Waals surface area contributed by atoms with Crippen molar-refractivity contribution in [1.29, 1.82) is 0 Å². The van der Waals surface area contributed by atoms with E-state index in [2.05, 4.69) is 20.0 Å². The number of hydrogen-bond donors (Lipinski definition) is 1. The Morgan fingerprint density at radius 3 is 2.37 bits per heavy atom. The molecule has 1 amide bonds. The normalized spacial score (nSPS) is 15.8. The predicted molar refractivity (Wildman–Crippen MR) is 153 cm³/mol. The molecular weight excluding hydrogens is 637 g/mol. The van der Waals surface area contributed by atoms with E-state index in [1.807, 2.05) is 11.6 Å². The molecule has 248 valence electrons. The number of carbonyl (C=O) groups is 2. The molecule has 0 aliphatic carbocycles. The largest absolute Gasteiger partial charge is 0.569 e. The fraction of sp³-hybridized carbons (Fsp3) is 0.393. The van der Waals surface area contributed by atoms with Crippen molar-refractivity contribution in [3.8, 4) is 16.9 Å². The molecule has 2 aromatic carbocycles. The average molecular weight is 669 g/mol. The maximum atomic E-state index is 13.5. The van der Waals surface area contributed by atoms with Crippen LogP contribution in [0.25, 0.3) is 16.9 Å². The number of benzene rings is 2. The Morgan fingerprint density at radius 2 is 1.76 bits per heavy atom. The van der Waals surface area contributed by atoms with Gasteiger partial charge >= 0.3 is 12.3 Å². The van der Waals surface area contributed by atoms with Crippen molar-refractivity contribution < 1.29 is 50.5 Å². The maximum Gasteiger partial charge on any atom is 0.511 e. The van der Waals surface area contributed by atoms with Crippen LogP contribution in [0.1, 0.15) is 38.4 Å². The van der Waals surface area contributed by atoms with Crippen molar-refractivity contribution in [2.45, 2.75) is 50.8 Å². The number of alkyl halides is 3. The van der Waals surface area contributed by atoms with Crippen molar-refractivity contribution in [2.75, 3.05) is 19.9 Å². The van der Waals surface area contributed by atoms with E-state index in [4.69, 9.17) is 4.74 Å². The number of aromatic nitrogens is 2. The second-order valence-electron chi connectivity index (χ2n) is 11.2. The Labute approximate surface area is 261 Å². The quantitative estimate of drug-likeness (QED) is 0.0842. The number of amides is 1. The van der Waals surface area contributed by atoms with E-state index in [1.165, 1.54) is 12.1 Å². The first-order chi connectivity index (χ1) is 21.4. The molecular formula is C28H31F3N6O8S. The highest BCUT2D eigenvalue weighted by Gasteiger charge is 2.36. The lowest BCUT2D eigenvalue weighted by Gasteiger charge is -2.18. The van der Waals surface area contributed by atoms with Gasteiger partial charge in [0, 0.05) is 5.56 Å². The Kier molecular flexibility index (Phi) is 9.79. The maximum absolute atomic E-state index is 13.5. The van der Waals surface area contributed by atoms with Gasteiger partial charge in [-0.15, -0.1) is 5.01 Å². The number of aryl methyl sites for hydroxylation is 1. The second-order valence-corrected chi connectivity index (χ2v) is 12.9. The number of nitrogens with zero attached hydrogens (tertiary/aromatic N) is 5. The van der Waals surface area contributed by atoms with Gasteiger partial charge < -0.3 is 19.5 Å². The molecule has 1 aliphatic rings. The summed E-state index contributed by atoms with van der Waals surface area (Å²) in [4.78, 5) is 28.6. The van der Waals surface area contributed by atoms with Crippen LogP contribution in [0.15, 0.2) is 64.8 Å². The third-order valence-corrected chi connectivity index (χ3v) is 7.86. The lowest BCUT2D eigenvalue weighted by atomic mass is 10.1. The lowest BCUT2D eigenvalue weighted by molar-refractivity contribution is -0.708. The summed E-state index contributed by atoms with van der Waals surface area (Å²) in [5.41, 5.74) is -0.250. The minimum atomic E-state index is -4.71. The van der Waals surface area contributed by atoms with Gasteiger partial charge in [0.25, 0.3) is 16.8 Å². The zero-order chi connectivity index (χ0) is 33.9. The van der Waals surface area contributed by atoms with Crippen molar-refractivity contribution in [3.05, 3.63) is 71.1 Å². The van der Waals surface area contributed by atoms with E-state index in [9.17, 15) is 36.4 Å². The monoisotopic (exact) mass is 668 g/mol. The molecule has 18 heteroatoms. The number of sulfonamides is 1. The van der Waals surface area contributed by atoms with Crippen LogP contribution in [0.3, 0.4) is 0 Å². The molecule has 2 heterocycles. The van der Waals surface area contributed by atoms with Gasteiger partial charge in [-0.05, 0) is 64.4 Å². The van der Waals surface area contributed by atoms with Crippen LogP contribution in [0.4, 0.5) is 18.0 Å². The number of hydrogen-bond acceptors (Lipinski definition) is 10. The number of hydrazine groups is 1. The van der Waals surface area contributed by atoms with E-state index >= 15 is 0 Å². The predicted octanol–water partition coefficient (Wildman–Crippen LogP) is 4.71. The third-order valence-electron chi connectivity index (χ3n) is 6.50.